The topological polar surface area (TPSA) is 95.5 Å². The maximum Gasteiger partial charge on any atom is 0.335 e. The molecule has 0 aliphatic rings. The Bertz CT molecular complexity index is 817. The van der Waals surface area contributed by atoms with E-state index in [9.17, 15) is 13.2 Å². The van der Waals surface area contributed by atoms with Gasteiger partial charge in [-0.15, -0.1) is 0 Å². The van der Waals surface area contributed by atoms with Crippen molar-refractivity contribution in [1.82, 2.24) is 0 Å². The molecule has 0 saturated carbocycles. The van der Waals surface area contributed by atoms with Crippen LogP contribution in [0.15, 0.2) is 48.5 Å². The van der Waals surface area contributed by atoms with Gasteiger partial charge in [-0.25, -0.2) is 13.2 Å². The number of rotatable bonds is 9. The molecule has 0 fully saturated rings. The van der Waals surface area contributed by atoms with Gasteiger partial charge >= 0.3 is 5.97 Å². The Morgan fingerprint density at radius 1 is 1.08 bits per heavy atom. The van der Waals surface area contributed by atoms with Crippen molar-refractivity contribution in [1.29, 1.82) is 0 Å². The Balaban J connectivity index is 1.94. The largest absolute Gasteiger partial charge is 0.478 e. The van der Waals surface area contributed by atoms with Crippen molar-refractivity contribution < 1.29 is 18.3 Å². The van der Waals surface area contributed by atoms with Gasteiger partial charge < -0.3 is 10.4 Å². The zero-order chi connectivity index (χ0) is 18.3. The van der Waals surface area contributed by atoms with E-state index in [1.54, 1.807) is 42.5 Å². The molecule has 3 N–H and O–H groups in total. The van der Waals surface area contributed by atoms with Gasteiger partial charge in [-0.05, 0) is 48.4 Å². The first-order valence-electron chi connectivity index (χ1n) is 8.06. The summed E-state index contributed by atoms with van der Waals surface area (Å²) in [6, 6.07) is 13.7. The minimum Gasteiger partial charge on any atom is -0.478 e. The smallest absolute Gasteiger partial charge is 0.335 e. The van der Waals surface area contributed by atoms with E-state index in [0.717, 1.165) is 17.7 Å². The van der Waals surface area contributed by atoms with Gasteiger partial charge in [0.1, 0.15) is 0 Å². The predicted octanol–water partition coefficient (Wildman–Crippen LogP) is 3.54. The summed E-state index contributed by atoms with van der Waals surface area (Å²) in [6.45, 7) is 2.42. The molecule has 6 nitrogen and oxygen atoms in total. The molecule has 0 radical (unpaired) electrons. The quantitative estimate of drug-likeness (QED) is 0.634. The van der Waals surface area contributed by atoms with Crippen LogP contribution in [0.4, 0.5) is 11.4 Å². The van der Waals surface area contributed by atoms with Gasteiger partial charge in [0, 0.05) is 17.9 Å². The molecule has 2 rings (SSSR count). The molecule has 0 atom stereocenters. The van der Waals surface area contributed by atoms with Crippen LogP contribution in [0, 0.1) is 0 Å². The Morgan fingerprint density at radius 3 is 2.40 bits per heavy atom. The van der Waals surface area contributed by atoms with Crippen molar-refractivity contribution in [3.05, 3.63) is 59.7 Å². The van der Waals surface area contributed by atoms with Crippen LogP contribution >= 0.6 is 0 Å². The number of hydrogen-bond acceptors (Lipinski definition) is 4. The molecule has 2 aromatic carbocycles. The average molecular weight is 362 g/mol. The van der Waals surface area contributed by atoms with Crippen molar-refractivity contribution >= 4 is 27.4 Å². The molecule has 0 heterocycles. The van der Waals surface area contributed by atoms with E-state index in [-0.39, 0.29) is 11.3 Å². The van der Waals surface area contributed by atoms with Crippen molar-refractivity contribution in [3.8, 4) is 0 Å². The molecule has 0 amide bonds. The second kappa shape index (κ2) is 8.53. The predicted molar refractivity (Wildman–Crippen MR) is 99.5 cm³/mol. The van der Waals surface area contributed by atoms with Crippen LogP contribution in [-0.2, 0) is 16.6 Å². The van der Waals surface area contributed by atoms with Crippen LogP contribution in [0.1, 0.15) is 35.7 Å². The first kappa shape index (κ1) is 18.8. The number of hydrogen-bond donors (Lipinski definition) is 3. The van der Waals surface area contributed by atoms with E-state index in [0.29, 0.717) is 18.7 Å². The van der Waals surface area contributed by atoms with Gasteiger partial charge in [-0.3, -0.25) is 4.72 Å². The molecule has 0 saturated heterocycles. The first-order valence-corrected chi connectivity index (χ1v) is 9.71. The van der Waals surface area contributed by atoms with Crippen LogP contribution < -0.4 is 10.0 Å². The van der Waals surface area contributed by atoms with Gasteiger partial charge in [-0.2, -0.15) is 0 Å². The van der Waals surface area contributed by atoms with Crippen LogP contribution in [0.25, 0.3) is 0 Å². The lowest BCUT2D eigenvalue weighted by Crippen LogP contribution is -2.16. The zero-order valence-corrected chi connectivity index (χ0v) is 14.8. The lowest BCUT2D eigenvalue weighted by atomic mass is 10.1. The number of carboxylic acids is 1. The summed E-state index contributed by atoms with van der Waals surface area (Å²) in [5.41, 5.74) is 2.44. The van der Waals surface area contributed by atoms with E-state index < -0.39 is 16.0 Å². The highest BCUT2D eigenvalue weighted by molar-refractivity contribution is 7.92. The molecule has 0 bridgehead atoms. The Hall–Kier alpha value is -2.54. The van der Waals surface area contributed by atoms with Crippen LogP contribution in [0.2, 0.25) is 0 Å². The van der Waals surface area contributed by atoms with Gasteiger partial charge in [0.05, 0.1) is 11.3 Å². The number of anilines is 2. The second-order valence-electron chi connectivity index (χ2n) is 5.71. The lowest BCUT2D eigenvalue weighted by molar-refractivity contribution is 0.0696. The second-order valence-corrected chi connectivity index (χ2v) is 7.55. The number of carboxylic acid groups (broad SMARTS) is 1. The van der Waals surface area contributed by atoms with Crippen molar-refractivity contribution in [3.63, 3.8) is 0 Å². The highest BCUT2D eigenvalue weighted by Gasteiger charge is 2.09. The van der Waals surface area contributed by atoms with E-state index in [4.69, 9.17) is 5.11 Å². The maximum absolute atomic E-state index is 11.9. The monoisotopic (exact) mass is 362 g/mol. The summed E-state index contributed by atoms with van der Waals surface area (Å²) in [5, 5.41) is 12.2. The average Bonchev–Trinajstić information content (AvgIpc) is 2.59. The molecule has 0 spiro atoms. The van der Waals surface area contributed by atoms with Crippen molar-refractivity contribution in [2.24, 2.45) is 0 Å². The summed E-state index contributed by atoms with van der Waals surface area (Å²) in [4.78, 5) is 11.0. The molecular formula is C18H22N2O4S. The standard InChI is InChI=1S/C18H22N2O4S/c1-2-3-11-25(23,24)20-17-9-7-16(8-10-17)19-13-14-5-4-6-15(12-14)18(21)22/h4-10,12,19-20H,2-3,11,13H2,1H3,(H,21,22). The third kappa shape index (κ3) is 6.11. The Labute approximate surface area is 147 Å². The number of nitrogens with one attached hydrogen (secondary N) is 2. The van der Waals surface area contributed by atoms with E-state index in [2.05, 4.69) is 10.0 Å². The summed E-state index contributed by atoms with van der Waals surface area (Å²) in [7, 11) is -3.30. The number of carbonyl (C=O) groups is 1. The molecule has 0 aromatic heterocycles. The molecule has 0 unspecified atom stereocenters. The molecule has 25 heavy (non-hydrogen) atoms. The number of unbranched alkanes of at least 4 members (excludes halogenated alkanes) is 1. The molecule has 7 heteroatoms. The van der Waals surface area contributed by atoms with Gasteiger partial charge in [-0.1, -0.05) is 25.5 Å². The van der Waals surface area contributed by atoms with Crippen LogP contribution in [-0.4, -0.2) is 25.2 Å². The zero-order valence-electron chi connectivity index (χ0n) is 14.0. The number of benzene rings is 2. The van der Waals surface area contributed by atoms with Gasteiger partial charge in [0.15, 0.2) is 0 Å². The maximum atomic E-state index is 11.9. The number of sulfonamides is 1. The highest BCUT2D eigenvalue weighted by Crippen LogP contribution is 2.16. The Kier molecular flexibility index (Phi) is 6.41. The Morgan fingerprint density at radius 2 is 1.76 bits per heavy atom. The van der Waals surface area contributed by atoms with Gasteiger partial charge in [0.2, 0.25) is 10.0 Å². The van der Waals surface area contributed by atoms with E-state index in [1.165, 1.54) is 0 Å². The minimum absolute atomic E-state index is 0.115. The summed E-state index contributed by atoms with van der Waals surface area (Å²) in [6.07, 6.45) is 1.46. The molecular weight excluding hydrogens is 340 g/mol. The van der Waals surface area contributed by atoms with Crippen molar-refractivity contribution in [2.45, 2.75) is 26.3 Å². The minimum atomic E-state index is -3.30. The first-order chi connectivity index (χ1) is 11.9. The lowest BCUT2D eigenvalue weighted by Gasteiger charge is -2.10. The van der Waals surface area contributed by atoms with Gasteiger partial charge in [0.25, 0.3) is 0 Å². The van der Waals surface area contributed by atoms with Crippen LogP contribution in [0.5, 0.6) is 0 Å². The molecule has 2 aromatic rings. The fourth-order valence-corrected chi connectivity index (χ4v) is 3.51. The van der Waals surface area contributed by atoms with E-state index >= 15 is 0 Å². The fourth-order valence-electron chi connectivity index (χ4n) is 2.24. The third-order valence-electron chi connectivity index (χ3n) is 3.60. The molecule has 0 aliphatic heterocycles. The molecule has 0 aliphatic carbocycles. The normalized spacial score (nSPS) is 11.1. The van der Waals surface area contributed by atoms with E-state index in [1.807, 2.05) is 13.0 Å². The summed E-state index contributed by atoms with van der Waals surface area (Å²) in [5.74, 6) is -0.842. The SMILES string of the molecule is CCCCS(=O)(=O)Nc1ccc(NCc2cccc(C(=O)O)c2)cc1. The molecule has 134 valence electrons. The van der Waals surface area contributed by atoms with Crippen molar-refractivity contribution in [2.75, 3.05) is 15.8 Å². The summed E-state index contributed by atoms with van der Waals surface area (Å²) < 4.78 is 26.3. The fraction of sp³-hybridized carbons (Fsp3) is 0.278. The van der Waals surface area contributed by atoms with Crippen LogP contribution in [0.3, 0.4) is 0 Å². The summed E-state index contributed by atoms with van der Waals surface area (Å²) >= 11 is 0. The number of aromatic carboxylic acids is 1. The highest BCUT2D eigenvalue weighted by atomic mass is 32.2. The third-order valence-corrected chi connectivity index (χ3v) is 4.97.